The summed E-state index contributed by atoms with van der Waals surface area (Å²) in [4.78, 5) is 12.2. The fourth-order valence-corrected chi connectivity index (χ4v) is 3.21. The second-order valence-electron chi connectivity index (χ2n) is 6.48. The van der Waals surface area contributed by atoms with Crippen LogP contribution in [0, 0.1) is 27.7 Å². The molecule has 0 aliphatic carbocycles. The fourth-order valence-electron chi connectivity index (χ4n) is 3.21. The van der Waals surface area contributed by atoms with Crippen molar-refractivity contribution in [3.8, 4) is 0 Å². The number of urea groups is 1. The fraction of sp³-hybridized carbons (Fsp3) is 0.611. The van der Waals surface area contributed by atoms with Gasteiger partial charge in [0.15, 0.2) is 0 Å². The Labute approximate surface area is 149 Å². The Kier molecular flexibility index (Phi) is 6.22. The molecule has 2 rings (SSSR count). The first kappa shape index (κ1) is 19.0. The quantitative estimate of drug-likeness (QED) is 0.754. The number of rotatable bonds is 7. The molecule has 2 aromatic rings. The monoisotopic (exact) mass is 347 g/mol. The second-order valence-corrected chi connectivity index (χ2v) is 6.48. The molecular formula is C18H29N5O2. The average Bonchev–Trinajstić information content (AvgIpc) is 3.01. The summed E-state index contributed by atoms with van der Waals surface area (Å²) in [7, 11) is 1.92. The molecule has 7 nitrogen and oxygen atoms in total. The molecule has 0 saturated carbocycles. The Balaban J connectivity index is 1.84. The smallest absolute Gasteiger partial charge is 0.315 e. The number of carbonyl (C=O) groups excluding carboxylic acids is 1. The van der Waals surface area contributed by atoms with Gasteiger partial charge in [0, 0.05) is 30.4 Å². The first-order valence-corrected chi connectivity index (χ1v) is 8.81. The molecule has 25 heavy (non-hydrogen) atoms. The topological polar surface area (TPSA) is 85.0 Å². The van der Waals surface area contributed by atoms with Gasteiger partial charge >= 0.3 is 6.03 Å². The van der Waals surface area contributed by atoms with E-state index in [1.165, 1.54) is 0 Å². The van der Waals surface area contributed by atoms with Crippen LogP contribution in [-0.2, 0) is 13.5 Å². The molecule has 0 aliphatic heterocycles. The minimum absolute atomic E-state index is 0.0312. The third kappa shape index (κ3) is 4.41. The Morgan fingerprint density at radius 1 is 1.24 bits per heavy atom. The lowest BCUT2D eigenvalue weighted by Crippen LogP contribution is -2.38. The van der Waals surface area contributed by atoms with E-state index in [0.717, 1.165) is 53.2 Å². The van der Waals surface area contributed by atoms with Gasteiger partial charge in [-0.1, -0.05) is 12.1 Å². The van der Waals surface area contributed by atoms with Gasteiger partial charge < -0.3 is 15.2 Å². The van der Waals surface area contributed by atoms with E-state index in [2.05, 4.69) is 27.8 Å². The predicted octanol–water partition coefficient (Wildman–Crippen LogP) is 3.02. The highest BCUT2D eigenvalue weighted by molar-refractivity contribution is 5.74. The van der Waals surface area contributed by atoms with Gasteiger partial charge in [0.1, 0.15) is 5.76 Å². The Hall–Kier alpha value is -2.31. The van der Waals surface area contributed by atoms with Crippen LogP contribution in [0.4, 0.5) is 4.79 Å². The third-order valence-corrected chi connectivity index (χ3v) is 4.70. The van der Waals surface area contributed by atoms with Crippen molar-refractivity contribution in [1.82, 2.24) is 25.6 Å². The van der Waals surface area contributed by atoms with E-state index in [9.17, 15) is 4.79 Å². The van der Waals surface area contributed by atoms with Crippen molar-refractivity contribution in [1.29, 1.82) is 0 Å². The Bertz CT molecular complexity index is 713. The van der Waals surface area contributed by atoms with Crippen LogP contribution in [0.1, 0.15) is 59.8 Å². The van der Waals surface area contributed by atoms with Crippen LogP contribution < -0.4 is 10.6 Å². The molecule has 2 heterocycles. The summed E-state index contributed by atoms with van der Waals surface area (Å²) in [5, 5.41) is 14.4. The summed E-state index contributed by atoms with van der Waals surface area (Å²) in [6, 6.07) is -0.176. The van der Waals surface area contributed by atoms with E-state index >= 15 is 0 Å². The second kappa shape index (κ2) is 8.18. The zero-order valence-electron chi connectivity index (χ0n) is 16.1. The zero-order valence-corrected chi connectivity index (χ0v) is 16.1. The maximum Gasteiger partial charge on any atom is 0.315 e. The number of amides is 2. The normalized spacial score (nSPS) is 12.2. The number of hydrogen-bond donors (Lipinski definition) is 2. The molecule has 0 fully saturated rings. The van der Waals surface area contributed by atoms with Crippen molar-refractivity contribution in [3.63, 3.8) is 0 Å². The van der Waals surface area contributed by atoms with E-state index in [4.69, 9.17) is 4.52 Å². The average molecular weight is 347 g/mol. The van der Waals surface area contributed by atoms with Gasteiger partial charge in [-0.05, 0) is 47.0 Å². The Morgan fingerprint density at radius 3 is 2.48 bits per heavy atom. The molecule has 0 aromatic carbocycles. The first-order valence-electron chi connectivity index (χ1n) is 8.81. The van der Waals surface area contributed by atoms with Gasteiger partial charge in [-0.25, -0.2) is 4.79 Å². The first-order chi connectivity index (χ1) is 11.8. The number of aryl methyl sites for hydroxylation is 4. The lowest BCUT2D eigenvalue weighted by atomic mass is 10.0. The van der Waals surface area contributed by atoms with Crippen LogP contribution in [0.3, 0.4) is 0 Å². The molecule has 138 valence electrons. The van der Waals surface area contributed by atoms with Crippen molar-refractivity contribution in [2.45, 2.75) is 59.9 Å². The molecule has 0 bridgehead atoms. The maximum absolute atomic E-state index is 12.2. The highest BCUT2D eigenvalue weighted by Crippen LogP contribution is 2.23. The maximum atomic E-state index is 12.2. The largest absolute Gasteiger partial charge is 0.361 e. The summed E-state index contributed by atoms with van der Waals surface area (Å²) >= 11 is 0. The molecule has 2 amide bonds. The molecule has 0 radical (unpaired) electrons. The van der Waals surface area contributed by atoms with Crippen molar-refractivity contribution < 1.29 is 9.32 Å². The minimum atomic E-state index is -0.145. The number of hydrogen-bond acceptors (Lipinski definition) is 4. The van der Waals surface area contributed by atoms with Crippen LogP contribution in [0.2, 0.25) is 0 Å². The molecule has 0 aliphatic rings. The molecule has 2 N–H and O–H groups in total. The summed E-state index contributed by atoms with van der Waals surface area (Å²) in [6.07, 6.45) is 2.51. The highest BCUT2D eigenvalue weighted by Gasteiger charge is 2.20. The van der Waals surface area contributed by atoms with E-state index in [1.54, 1.807) is 0 Å². The minimum Gasteiger partial charge on any atom is -0.361 e. The number of nitrogens with zero attached hydrogens (tertiary/aromatic N) is 3. The van der Waals surface area contributed by atoms with Crippen molar-refractivity contribution in [3.05, 3.63) is 34.0 Å². The van der Waals surface area contributed by atoms with E-state index in [0.29, 0.717) is 6.54 Å². The van der Waals surface area contributed by atoms with Gasteiger partial charge in [0.2, 0.25) is 0 Å². The van der Waals surface area contributed by atoms with Crippen LogP contribution in [-0.4, -0.2) is 27.5 Å². The molecular weight excluding hydrogens is 318 g/mol. The van der Waals surface area contributed by atoms with Crippen LogP contribution >= 0.6 is 0 Å². The van der Waals surface area contributed by atoms with Gasteiger partial charge in [0.25, 0.3) is 0 Å². The standard InChI is InChI=1S/C18H29N5O2/c1-7-16(17-12(3)21-23(6)13(17)4)20-18(24)19-10-8-9-15-11(2)22-25-14(15)5/h16H,7-10H2,1-6H3,(H2,19,20,24)/t16-/m0/s1. The van der Waals surface area contributed by atoms with E-state index < -0.39 is 0 Å². The summed E-state index contributed by atoms with van der Waals surface area (Å²) < 4.78 is 7.01. The molecule has 0 unspecified atom stereocenters. The van der Waals surface area contributed by atoms with Crippen LogP contribution in [0.25, 0.3) is 0 Å². The highest BCUT2D eigenvalue weighted by atomic mass is 16.5. The van der Waals surface area contributed by atoms with Crippen LogP contribution in [0.15, 0.2) is 4.52 Å². The predicted molar refractivity (Wildman–Crippen MR) is 96.5 cm³/mol. The SMILES string of the molecule is CC[C@H](NC(=O)NCCCc1c(C)noc1C)c1c(C)nn(C)c1C. The molecule has 0 spiro atoms. The Morgan fingerprint density at radius 2 is 1.96 bits per heavy atom. The summed E-state index contributed by atoms with van der Waals surface area (Å²) in [6.45, 7) is 10.5. The van der Waals surface area contributed by atoms with Crippen molar-refractivity contribution in [2.75, 3.05) is 6.54 Å². The van der Waals surface area contributed by atoms with Gasteiger partial charge in [-0.2, -0.15) is 5.10 Å². The van der Waals surface area contributed by atoms with Gasteiger partial charge in [0.05, 0.1) is 17.4 Å². The lowest BCUT2D eigenvalue weighted by Gasteiger charge is -2.18. The molecule has 0 saturated heterocycles. The summed E-state index contributed by atoms with van der Waals surface area (Å²) in [5.41, 5.74) is 5.22. The van der Waals surface area contributed by atoms with Crippen molar-refractivity contribution >= 4 is 6.03 Å². The number of nitrogens with one attached hydrogen (secondary N) is 2. The lowest BCUT2D eigenvalue weighted by molar-refractivity contribution is 0.236. The molecule has 1 atom stereocenters. The number of carbonyl (C=O) groups is 1. The third-order valence-electron chi connectivity index (χ3n) is 4.70. The van der Waals surface area contributed by atoms with Gasteiger partial charge in [-0.15, -0.1) is 0 Å². The van der Waals surface area contributed by atoms with Gasteiger partial charge in [-0.3, -0.25) is 4.68 Å². The molecule has 2 aromatic heterocycles. The number of aromatic nitrogens is 3. The zero-order chi connectivity index (χ0) is 18.6. The summed E-state index contributed by atoms with van der Waals surface area (Å²) in [5.74, 6) is 0.857. The van der Waals surface area contributed by atoms with Crippen molar-refractivity contribution in [2.24, 2.45) is 7.05 Å². The van der Waals surface area contributed by atoms with E-state index in [1.807, 2.05) is 39.4 Å². The van der Waals surface area contributed by atoms with Crippen LogP contribution in [0.5, 0.6) is 0 Å². The van der Waals surface area contributed by atoms with E-state index in [-0.39, 0.29) is 12.1 Å². The molecule has 7 heteroatoms.